The monoisotopic (exact) mass is 502 g/mol. The molecule has 0 saturated heterocycles. The number of tetrazole rings is 1. The summed E-state index contributed by atoms with van der Waals surface area (Å²) in [4.78, 5) is 15.6. The molecule has 0 amide bonds. The van der Waals surface area contributed by atoms with E-state index in [1.807, 2.05) is 53.1 Å². The first-order valence-corrected chi connectivity index (χ1v) is 11.9. The van der Waals surface area contributed by atoms with Crippen molar-refractivity contribution in [2.24, 2.45) is 0 Å². The molecular weight excluding hydrogens is 480 g/mol. The molecular formula is C26H23ClN6O3. The molecule has 0 radical (unpaired) electrons. The number of aromatic nitrogens is 6. The van der Waals surface area contributed by atoms with Gasteiger partial charge in [-0.15, -0.1) is 10.2 Å². The number of halogens is 1. The van der Waals surface area contributed by atoms with Crippen LogP contribution >= 0.6 is 11.6 Å². The Morgan fingerprint density at radius 2 is 2.03 bits per heavy atom. The van der Waals surface area contributed by atoms with E-state index < -0.39 is 5.97 Å². The van der Waals surface area contributed by atoms with Crippen molar-refractivity contribution in [3.63, 3.8) is 0 Å². The predicted molar refractivity (Wildman–Crippen MR) is 136 cm³/mol. The number of nitrogens with zero attached hydrogens (tertiary/aromatic N) is 5. The van der Waals surface area contributed by atoms with E-state index in [4.69, 9.17) is 21.1 Å². The van der Waals surface area contributed by atoms with E-state index in [9.17, 15) is 4.79 Å². The Hall–Kier alpha value is -4.24. The number of aromatic amines is 1. The number of carboxylic acid groups (broad SMARTS) is 1. The van der Waals surface area contributed by atoms with E-state index in [1.54, 1.807) is 0 Å². The Morgan fingerprint density at radius 3 is 2.78 bits per heavy atom. The van der Waals surface area contributed by atoms with E-state index in [1.165, 1.54) is 6.08 Å². The van der Waals surface area contributed by atoms with Crippen LogP contribution in [0.2, 0.25) is 5.15 Å². The lowest BCUT2D eigenvalue weighted by Crippen LogP contribution is -2.07. The van der Waals surface area contributed by atoms with Gasteiger partial charge in [0.15, 0.2) is 5.15 Å². The lowest BCUT2D eigenvalue weighted by atomic mass is 9.98. The molecule has 0 bridgehead atoms. The molecule has 9 nitrogen and oxygen atoms in total. The van der Waals surface area contributed by atoms with Crippen LogP contribution in [0.3, 0.4) is 0 Å². The SMILES string of the molecule is CCCCc1nc(Cl)c(/C=C/C(=O)O)n1Cc1cc2ccc(-c3ccccc3-c3nn[nH]n3)cc2o1. The normalized spacial score (nSPS) is 11.6. The van der Waals surface area contributed by atoms with Gasteiger partial charge in [-0.1, -0.05) is 61.3 Å². The number of H-pyrrole nitrogens is 1. The highest BCUT2D eigenvalue weighted by Crippen LogP contribution is 2.33. The van der Waals surface area contributed by atoms with Crippen LogP contribution in [0.5, 0.6) is 0 Å². The summed E-state index contributed by atoms with van der Waals surface area (Å²) in [5, 5.41) is 24.7. The minimum atomic E-state index is -1.05. The van der Waals surface area contributed by atoms with E-state index in [2.05, 4.69) is 32.5 Å². The summed E-state index contributed by atoms with van der Waals surface area (Å²) in [6.45, 7) is 2.48. The highest BCUT2D eigenvalue weighted by molar-refractivity contribution is 6.30. The van der Waals surface area contributed by atoms with Crippen LogP contribution in [0.4, 0.5) is 0 Å². The molecule has 10 heteroatoms. The first-order chi connectivity index (χ1) is 17.5. The summed E-state index contributed by atoms with van der Waals surface area (Å²) < 4.78 is 8.15. The number of fused-ring (bicyclic) bond motifs is 1. The lowest BCUT2D eigenvalue weighted by molar-refractivity contribution is -0.131. The van der Waals surface area contributed by atoms with Gasteiger partial charge in [-0.3, -0.25) is 0 Å². The first kappa shape index (κ1) is 23.5. The number of rotatable bonds is 9. The number of benzene rings is 2. The Kier molecular flexibility index (Phi) is 6.64. The summed E-state index contributed by atoms with van der Waals surface area (Å²) in [6.07, 6.45) is 5.22. The van der Waals surface area contributed by atoms with Gasteiger partial charge < -0.3 is 14.1 Å². The molecule has 0 spiro atoms. The van der Waals surface area contributed by atoms with Gasteiger partial charge in [-0.05, 0) is 41.0 Å². The standard InChI is InChI=1S/C26H23ClN6O3/c1-2-3-8-23-28-25(27)21(11-12-24(34)35)33(23)15-18-13-17-10-9-16(14-22(17)36-18)19-6-4-5-7-20(19)26-29-31-32-30-26/h4-7,9-14H,2-3,8,15H2,1H3,(H,34,35)(H,29,30,31,32)/b12-11+. The van der Waals surface area contributed by atoms with Crippen LogP contribution in [-0.4, -0.2) is 41.3 Å². The molecule has 3 aromatic heterocycles. The molecule has 2 aromatic carbocycles. The summed E-state index contributed by atoms with van der Waals surface area (Å²) >= 11 is 6.38. The van der Waals surface area contributed by atoms with Crippen molar-refractivity contribution in [1.82, 2.24) is 30.2 Å². The average Bonchev–Trinajstić information content (AvgIpc) is 3.61. The van der Waals surface area contributed by atoms with Crippen molar-refractivity contribution in [2.75, 3.05) is 0 Å². The van der Waals surface area contributed by atoms with Crippen molar-refractivity contribution < 1.29 is 14.3 Å². The smallest absolute Gasteiger partial charge is 0.328 e. The van der Waals surface area contributed by atoms with Crippen molar-refractivity contribution in [2.45, 2.75) is 32.7 Å². The van der Waals surface area contributed by atoms with Crippen LogP contribution < -0.4 is 0 Å². The first-order valence-electron chi connectivity index (χ1n) is 11.5. The second-order valence-corrected chi connectivity index (χ2v) is 8.67. The fourth-order valence-corrected chi connectivity index (χ4v) is 4.45. The zero-order valence-corrected chi connectivity index (χ0v) is 20.2. The molecule has 0 saturated carbocycles. The van der Waals surface area contributed by atoms with Crippen molar-refractivity contribution in [3.05, 3.63) is 77.0 Å². The molecule has 0 unspecified atom stereocenters. The van der Waals surface area contributed by atoms with Crippen LogP contribution in [0, 0.1) is 0 Å². The van der Waals surface area contributed by atoms with Gasteiger partial charge in [0.2, 0.25) is 5.82 Å². The van der Waals surface area contributed by atoms with Crippen LogP contribution in [0.15, 0.2) is 59.0 Å². The fourth-order valence-electron chi connectivity index (χ4n) is 4.19. The van der Waals surface area contributed by atoms with E-state index in [0.717, 1.165) is 58.8 Å². The van der Waals surface area contributed by atoms with Gasteiger partial charge in [0, 0.05) is 23.4 Å². The second-order valence-electron chi connectivity index (χ2n) is 8.31. The van der Waals surface area contributed by atoms with Gasteiger partial charge in [0.1, 0.15) is 17.2 Å². The molecule has 5 aromatic rings. The Labute approximate surface area is 211 Å². The summed E-state index contributed by atoms with van der Waals surface area (Å²) in [6, 6.07) is 15.9. The van der Waals surface area contributed by atoms with Gasteiger partial charge in [-0.2, -0.15) is 5.21 Å². The number of imidazole rings is 1. The Balaban J connectivity index is 1.51. The van der Waals surface area contributed by atoms with Crippen LogP contribution in [0.1, 0.15) is 37.0 Å². The number of nitrogens with one attached hydrogen (secondary N) is 1. The number of hydrogen-bond donors (Lipinski definition) is 2. The quantitative estimate of drug-likeness (QED) is 0.251. The van der Waals surface area contributed by atoms with Crippen molar-refractivity contribution in [1.29, 1.82) is 0 Å². The maximum absolute atomic E-state index is 11.1. The third-order valence-electron chi connectivity index (χ3n) is 5.89. The van der Waals surface area contributed by atoms with E-state index >= 15 is 0 Å². The summed E-state index contributed by atoms with van der Waals surface area (Å²) in [7, 11) is 0. The van der Waals surface area contributed by atoms with Gasteiger partial charge in [-0.25, -0.2) is 9.78 Å². The zero-order chi connectivity index (χ0) is 25.1. The molecule has 0 aliphatic carbocycles. The number of aliphatic carboxylic acids is 1. The maximum Gasteiger partial charge on any atom is 0.328 e. The topological polar surface area (TPSA) is 123 Å². The highest BCUT2D eigenvalue weighted by Gasteiger charge is 2.17. The number of aryl methyl sites for hydroxylation is 1. The maximum atomic E-state index is 11.1. The number of carbonyl (C=O) groups is 1. The number of carboxylic acids is 1. The lowest BCUT2D eigenvalue weighted by Gasteiger charge is -2.08. The Bertz CT molecular complexity index is 1550. The number of furan rings is 1. The molecule has 5 rings (SSSR count). The van der Waals surface area contributed by atoms with Gasteiger partial charge >= 0.3 is 5.97 Å². The zero-order valence-electron chi connectivity index (χ0n) is 19.5. The van der Waals surface area contributed by atoms with Gasteiger partial charge in [0.05, 0.1) is 12.2 Å². The van der Waals surface area contributed by atoms with E-state index in [0.29, 0.717) is 23.8 Å². The minimum absolute atomic E-state index is 0.273. The fraction of sp³-hybridized carbons (Fsp3) is 0.192. The van der Waals surface area contributed by atoms with Crippen LogP contribution in [-0.2, 0) is 17.8 Å². The number of unbranched alkanes of at least 4 members (excludes halogenated alkanes) is 1. The Morgan fingerprint density at radius 1 is 1.19 bits per heavy atom. The third kappa shape index (κ3) is 4.78. The summed E-state index contributed by atoms with van der Waals surface area (Å²) in [5.41, 5.74) is 4.06. The average molecular weight is 503 g/mol. The third-order valence-corrected chi connectivity index (χ3v) is 6.17. The van der Waals surface area contributed by atoms with Crippen molar-refractivity contribution >= 4 is 34.6 Å². The molecule has 0 atom stereocenters. The highest BCUT2D eigenvalue weighted by atomic mass is 35.5. The molecule has 182 valence electrons. The summed E-state index contributed by atoms with van der Waals surface area (Å²) in [5.74, 6) is 0.975. The second kappa shape index (κ2) is 10.2. The molecule has 2 N–H and O–H groups in total. The molecule has 36 heavy (non-hydrogen) atoms. The predicted octanol–water partition coefficient (Wildman–Crippen LogP) is 5.62. The molecule has 0 aliphatic heterocycles. The van der Waals surface area contributed by atoms with Crippen LogP contribution in [0.25, 0.3) is 39.6 Å². The van der Waals surface area contributed by atoms with Gasteiger partial charge in [0.25, 0.3) is 0 Å². The minimum Gasteiger partial charge on any atom is -0.478 e. The molecule has 0 aliphatic rings. The number of hydrogen-bond acceptors (Lipinski definition) is 6. The molecule has 0 fully saturated rings. The largest absolute Gasteiger partial charge is 0.478 e. The molecule has 3 heterocycles. The van der Waals surface area contributed by atoms with E-state index in [-0.39, 0.29) is 5.15 Å². The van der Waals surface area contributed by atoms with Crippen molar-refractivity contribution in [3.8, 4) is 22.5 Å².